The smallest absolute Gasteiger partial charge is 0.221 e. The highest BCUT2D eigenvalue weighted by atomic mass is 16.1. The first-order chi connectivity index (χ1) is 9.54. The Morgan fingerprint density at radius 1 is 1.40 bits per heavy atom. The molecule has 110 valence electrons. The van der Waals surface area contributed by atoms with Crippen molar-refractivity contribution in [2.24, 2.45) is 5.41 Å². The summed E-state index contributed by atoms with van der Waals surface area (Å²) in [6.07, 6.45) is 5.34. The topological polar surface area (TPSA) is 41.1 Å². The molecule has 1 amide bonds. The van der Waals surface area contributed by atoms with Crippen LogP contribution >= 0.6 is 0 Å². The number of rotatable bonds is 7. The van der Waals surface area contributed by atoms with Gasteiger partial charge in [-0.05, 0) is 49.3 Å². The van der Waals surface area contributed by atoms with Crippen molar-refractivity contribution in [2.75, 3.05) is 11.9 Å². The van der Waals surface area contributed by atoms with Crippen molar-refractivity contribution in [1.29, 1.82) is 0 Å². The van der Waals surface area contributed by atoms with E-state index in [-0.39, 0.29) is 5.91 Å². The second kappa shape index (κ2) is 6.40. The van der Waals surface area contributed by atoms with Crippen molar-refractivity contribution >= 4 is 11.6 Å². The van der Waals surface area contributed by atoms with Crippen molar-refractivity contribution in [1.82, 2.24) is 5.32 Å². The van der Waals surface area contributed by atoms with Crippen LogP contribution in [0.15, 0.2) is 24.3 Å². The molecule has 1 aromatic carbocycles. The first-order valence-corrected chi connectivity index (χ1v) is 7.66. The quantitative estimate of drug-likeness (QED) is 0.792. The predicted molar refractivity (Wildman–Crippen MR) is 83.7 cm³/mol. The van der Waals surface area contributed by atoms with E-state index < -0.39 is 0 Å². The molecule has 0 bridgehead atoms. The lowest BCUT2D eigenvalue weighted by molar-refractivity contribution is -0.114. The molecule has 0 heterocycles. The first kappa shape index (κ1) is 15.0. The molecule has 3 heteroatoms. The lowest BCUT2D eigenvalue weighted by Gasteiger charge is -2.20. The van der Waals surface area contributed by atoms with Gasteiger partial charge in [0.1, 0.15) is 0 Å². The van der Waals surface area contributed by atoms with Crippen molar-refractivity contribution in [3.8, 4) is 0 Å². The Bertz CT molecular complexity index is 466. The number of carbonyl (C=O) groups is 1. The molecular formula is C17H26N2O. The molecule has 0 spiro atoms. The molecule has 1 unspecified atom stereocenters. The van der Waals surface area contributed by atoms with Crippen LogP contribution in [0.4, 0.5) is 5.69 Å². The van der Waals surface area contributed by atoms with Crippen LogP contribution in [0.3, 0.4) is 0 Å². The van der Waals surface area contributed by atoms with Gasteiger partial charge in [0.05, 0.1) is 0 Å². The SMILES string of the molecule is CCCC1(CNC(C)c2cccc(NC(C)=O)c2)CC1. The van der Waals surface area contributed by atoms with Gasteiger partial charge in [0.25, 0.3) is 0 Å². The van der Waals surface area contributed by atoms with E-state index in [0.29, 0.717) is 11.5 Å². The minimum atomic E-state index is -0.0253. The van der Waals surface area contributed by atoms with E-state index in [9.17, 15) is 4.79 Å². The van der Waals surface area contributed by atoms with E-state index in [1.54, 1.807) is 0 Å². The van der Waals surface area contributed by atoms with E-state index in [1.165, 1.54) is 38.2 Å². The van der Waals surface area contributed by atoms with Crippen molar-refractivity contribution in [2.45, 2.75) is 52.5 Å². The van der Waals surface area contributed by atoms with Gasteiger partial charge in [-0.15, -0.1) is 0 Å². The van der Waals surface area contributed by atoms with Gasteiger partial charge < -0.3 is 10.6 Å². The maximum Gasteiger partial charge on any atom is 0.221 e. The van der Waals surface area contributed by atoms with Crippen LogP contribution in [0, 0.1) is 5.41 Å². The van der Waals surface area contributed by atoms with Gasteiger partial charge in [0.15, 0.2) is 0 Å². The lowest BCUT2D eigenvalue weighted by atomic mass is 9.99. The van der Waals surface area contributed by atoms with E-state index in [1.807, 2.05) is 12.1 Å². The molecule has 1 aromatic rings. The molecule has 1 aliphatic rings. The molecule has 20 heavy (non-hydrogen) atoms. The van der Waals surface area contributed by atoms with Crippen LogP contribution in [-0.4, -0.2) is 12.5 Å². The second-order valence-corrected chi connectivity index (χ2v) is 6.16. The Hall–Kier alpha value is -1.35. The van der Waals surface area contributed by atoms with Crippen LogP contribution in [0.25, 0.3) is 0 Å². The molecule has 1 atom stereocenters. The number of benzene rings is 1. The fourth-order valence-corrected chi connectivity index (χ4v) is 2.80. The summed E-state index contributed by atoms with van der Waals surface area (Å²) in [6.45, 7) is 7.09. The van der Waals surface area contributed by atoms with Gasteiger partial charge in [-0.2, -0.15) is 0 Å². The third-order valence-corrected chi connectivity index (χ3v) is 4.23. The summed E-state index contributed by atoms with van der Waals surface area (Å²) in [4.78, 5) is 11.1. The zero-order valence-corrected chi connectivity index (χ0v) is 12.8. The van der Waals surface area contributed by atoms with E-state index in [0.717, 1.165) is 12.2 Å². The van der Waals surface area contributed by atoms with Crippen molar-refractivity contribution in [3.05, 3.63) is 29.8 Å². The molecule has 3 nitrogen and oxygen atoms in total. The van der Waals surface area contributed by atoms with E-state index in [4.69, 9.17) is 0 Å². The number of nitrogens with one attached hydrogen (secondary N) is 2. The second-order valence-electron chi connectivity index (χ2n) is 6.16. The molecule has 0 radical (unpaired) electrons. The highest BCUT2D eigenvalue weighted by Gasteiger charge is 2.41. The maximum atomic E-state index is 11.1. The Labute approximate surface area is 122 Å². The summed E-state index contributed by atoms with van der Waals surface area (Å²) in [5, 5.41) is 6.49. The Balaban J connectivity index is 1.91. The molecule has 0 aliphatic heterocycles. The summed E-state index contributed by atoms with van der Waals surface area (Å²) in [5.74, 6) is -0.0253. The lowest BCUT2D eigenvalue weighted by Crippen LogP contribution is -2.26. The monoisotopic (exact) mass is 274 g/mol. The number of carbonyl (C=O) groups excluding carboxylic acids is 1. The van der Waals surface area contributed by atoms with E-state index in [2.05, 4.69) is 36.6 Å². The third-order valence-electron chi connectivity index (χ3n) is 4.23. The highest BCUT2D eigenvalue weighted by Crippen LogP contribution is 2.49. The van der Waals surface area contributed by atoms with Gasteiger partial charge in [-0.1, -0.05) is 25.5 Å². The number of hydrogen-bond donors (Lipinski definition) is 2. The van der Waals surface area contributed by atoms with Gasteiger partial charge in [-0.25, -0.2) is 0 Å². The molecule has 1 aliphatic carbocycles. The van der Waals surface area contributed by atoms with Gasteiger partial charge in [-0.3, -0.25) is 4.79 Å². The average Bonchev–Trinajstić information content (AvgIpc) is 3.16. The fraction of sp³-hybridized carbons (Fsp3) is 0.588. The third kappa shape index (κ3) is 4.07. The molecule has 1 saturated carbocycles. The zero-order valence-electron chi connectivity index (χ0n) is 12.8. The standard InChI is InChI=1S/C17H26N2O/c1-4-8-17(9-10-17)12-18-13(2)15-6-5-7-16(11-15)19-14(3)20/h5-7,11,13,18H,4,8-10,12H2,1-3H3,(H,19,20). The molecule has 1 fully saturated rings. The Morgan fingerprint density at radius 2 is 2.15 bits per heavy atom. The summed E-state index contributed by atoms with van der Waals surface area (Å²) in [7, 11) is 0. The summed E-state index contributed by atoms with van der Waals surface area (Å²) < 4.78 is 0. The molecular weight excluding hydrogens is 248 g/mol. The Kier molecular flexibility index (Phi) is 4.81. The largest absolute Gasteiger partial charge is 0.326 e. The van der Waals surface area contributed by atoms with Gasteiger partial charge >= 0.3 is 0 Å². The predicted octanol–water partition coefficient (Wildman–Crippen LogP) is 3.88. The summed E-state index contributed by atoms with van der Waals surface area (Å²) in [5.41, 5.74) is 2.67. The minimum absolute atomic E-state index is 0.0253. The van der Waals surface area contributed by atoms with Crippen LogP contribution in [0.2, 0.25) is 0 Å². The van der Waals surface area contributed by atoms with E-state index >= 15 is 0 Å². The number of amides is 1. The molecule has 0 saturated heterocycles. The van der Waals surface area contributed by atoms with Crippen LogP contribution in [-0.2, 0) is 4.79 Å². The van der Waals surface area contributed by atoms with Crippen molar-refractivity contribution < 1.29 is 4.79 Å². The molecule has 2 rings (SSSR count). The van der Waals surface area contributed by atoms with Gasteiger partial charge in [0, 0.05) is 25.2 Å². The number of hydrogen-bond acceptors (Lipinski definition) is 2. The maximum absolute atomic E-state index is 11.1. The zero-order chi connectivity index (χ0) is 14.6. The molecule has 0 aromatic heterocycles. The van der Waals surface area contributed by atoms with Gasteiger partial charge in [0.2, 0.25) is 5.91 Å². The fourth-order valence-electron chi connectivity index (χ4n) is 2.80. The van der Waals surface area contributed by atoms with Crippen LogP contribution < -0.4 is 10.6 Å². The molecule has 2 N–H and O–H groups in total. The number of anilines is 1. The Morgan fingerprint density at radius 3 is 2.75 bits per heavy atom. The summed E-state index contributed by atoms with van der Waals surface area (Å²) in [6, 6.07) is 8.41. The summed E-state index contributed by atoms with van der Waals surface area (Å²) >= 11 is 0. The minimum Gasteiger partial charge on any atom is -0.326 e. The van der Waals surface area contributed by atoms with Crippen LogP contribution in [0.5, 0.6) is 0 Å². The highest BCUT2D eigenvalue weighted by molar-refractivity contribution is 5.88. The van der Waals surface area contributed by atoms with Crippen molar-refractivity contribution in [3.63, 3.8) is 0 Å². The van der Waals surface area contributed by atoms with Crippen LogP contribution in [0.1, 0.15) is 58.1 Å². The normalized spacial score (nSPS) is 17.6. The first-order valence-electron chi connectivity index (χ1n) is 7.66. The average molecular weight is 274 g/mol.